The number of hydrogen-bond acceptors (Lipinski definition) is 2. The van der Waals surface area contributed by atoms with Crippen LogP contribution in [0.3, 0.4) is 0 Å². The van der Waals surface area contributed by atoms with Gasteiger partial charge in [0, 0.05) is 41.8 Å². The second kappa shape index (κ2) is 5.90. The lowest BCUT2D eigenvalue weighted by Crippen LogP contribution is -2.42. The van der Waals surface area contributed by atoms with Crippen molar-refractivity contribution in [3.63, 3.8) is 0 Å². The summed E-state index contributed by atoms with van der Waals surface area (Å²) >= 11 is 0. The highest BCUT2D eigenvalue weighted by Crippen LogP contribution is 2.25. The number of carbonyl (C=O) groups is 1. The standard InChI is InChI=1S/C17H23N3O/c1-18-12-6-8-13(9-7-12)20(2)17(21)15-4-3-5-16-14(15)10-11-19-16/h3-5,10-13,18-19H,6-9H2,1-2H3. The lowest BCUT2D eigenvalue weighted by atomic mass is 9.90. The number of hydrogen-bond donors (Lipinski definition) is 2. The fourth-order valence-corrected chi connectivity index (χ4v) is 3.38. The quantitative estimate of drug-likeness (QED) is 0.911. The van der Waals surface area contributed by atoms with E-state index in [4.69, 9.17) is 0 Å². The van der Waals surface area contributed by atoms with Crippen LogP contribution in [0.5, 0.6) is 0 Å². The lowest BCUT2D eigenvalue weighted by molar-refractivity contribution is 0.0688. The Morgan fingerprint density at radius 2 is 2.00 bits per heavy atom. The van der Waals surface area contributed by atoms with Gasteiger partial charge in [-0.25, -0.2) is 0 Å². The van der Waals surface area contributed by atoms with Gasteiger partial charge in [0.15, 0.2) is 0 Å². The van der Waals surface area contributed by atoms with E-state index in [9.17, 15) is 4.79 Å². The topological polar surface area (TPSA) is 48.1 Å². The van der Waals surface area contributed by atoms with Crippen molar-refractivity contribution >= 4 is 16.8 Å². The van der Waals surface area contributed by atoms with Gasteiger partial charge in [-0.3, -0.25) is 4.79 Å². The Balaban J connectivity index is 1.77. The molecule has 4 heteroatoms. The van der Waals surface area contributed by atoms with Crippen LogP contribution in [0.4, 0.5) is 0 Å². The molecule has 21 heavy (non-hydrogen) atoms. The number of nitrogens with zero attached hydrogens (tertiary/aromatic N) is 1. The number of amides is 1. The molecule has 0 aliphatic heterocycles. The van der Waals surface area contributed by atoms with Crippen molar-refractivity contribution in [3.8, 4) is 0 Å². The van der Waals surface area contributed by atoms with Crippen LogP contribution in [0, 0.1) is 0 Å². The molecule has 1 heterocycles. The minimum atomic E-state index is 0.133. The third kappa shape index (κ3) is 2.68. The monoisotopic (exact) mass is 285 g/mol. The molecule has 0 spiro atoms. The van der Waals surface area contributed by atoms with Crippen molar-refractivity contribution in [2.24, 2.45) is 0 Å². The van der Waals surface area contributed by atoms with Crippen molar-refractivity contribution in [1.82, 2.24) is 15.2 Å². The molecular formula is C17H23N3O. The first-order valence-corrected chi connectivity index (χ1v) is 7.71. The van der Waals surface area contributed by atoms with E-state index in [2.05, 4.69) is 10.3 Å². The minimum absolute atomic E-state index is 0.133. The smallest absolute Gasteiger partial charge is 0.254 e. The Bertz CT molecular complexity index is 626. The normalized spacial score (nSPS) is 22.4. The summed E-state index contributed by atoms with van der Waals surface area (Å²) in [5.74, 6) is 0.133. The minimum Gasteiger partial charge on any atom is -0.361 e. The van der Waals surface area contributed by atoms with Crippen LogP contribution in [0.1, 0.15) is 36.0 Å². The van der Waals surface area contributed by atoms with E-state index in [1.807, 2.05) is 49.5 Å². The van der Waals surface area contributed by atoms with E-state index in [-0.39, 0.29) is 5.91 Å². The van der Waals surface area contributed by atoms with E-state index in [0.717, 1.165) is 42.1 Å². The van der Waals surface area contributed by atoms with E-state index in [1.165, 1.54) is 0 Å². The number of rotatable bonds is 3. The highest BCUT2D eigenvalue weighted by Gasteiger charge is 2.27. The maximum absolute atomic E-state index is 12.8. The average molecular weight is 285 g/mol. The summed E-state index contributed by atoms with van der Waals surface area (Å²) in [6.45, 7) is 0. The first-order chi connectivity index (χ1) is 10.2. The van der Waals surface area contributed by atoms with Gasteiger partial charge in [-0.2, -0.15) is 0 Å². The Kier molecular flexibility index (Phi) is 3.97. The molecule has 1 saturated carbocycles. The fourth-order valence-electron chi connectivity index (χ4n) is 3.38. The molecular weight excluding hydrogens is 262 g/mol. The number of H-pyrrole nitrogens is 1. The molecule has 1 fully saturated rings. The van der Waals surface area contributed by atoms with Crippen molar-refractivity contribution in [3.05, 3.63) is 36.0 Å². The van der Waals surface area contributed by atoms with Crippen LogP contribution < -0.4 is 5.32 Å². The second-order valence-electron chi connectivity index (χ2n) is 5.95. The predicted molar refractivity (Wildman–Crippen MR) is 85.5 cm³/mol. The zero-order valence-electron chi connectivity index (χ0n) is 12.7. The fraction of sp³-hybridized carbons (Fsp3) is 0.471. The van der Waals surface area contributed by atoms with Crippen molar-refractivity contribution in [2.45, 2.75) is 37.8 Å². The van der Waals surface area contributed by atoms with Gasteiger partial charge in [-0.15, -0.1) is 0 Å². The number of carbonyl (C=O) groups excluding carboxylic acids is 1. The van der Waals surface area contributed by atoms with E-state index < -0.39 is 0 Å². The summed E-state index contributed by atoms with van der Waals surface area (Å²) < 4.78 is 0. The number of nitrogens with one attached hydrogen (secondary N) is 2. The molecule has 3 rings (SSSR count). The van der Waals surface area contributed by atoms with Gasteiger partial charge in [0.25, 0.3) is 5.91 Å². The van der Waals surface area contributed by atoms with E-state index in [1.54, 1.807) is 0 Å². The molecule has 0 unspecified atom stereocenters. The molecule has 2 N–H and O–H groups in total. The summed E-state index contributed by atoms with van der Waals surface area (Å²) in [4.78, 5) is 17.9. The molecule has 0 radical (unpaired) electrons. The summed E-state index contributed by atoms with van der Waals surface area (Å²) in [5.41, 5.74) is 1.82. The zero-order valence-corrected chi connectivity index (χ0v) is 12.7. The van der Waals surface area contributed by atoms with Crippen LogP contribution in [-0.2, 0) is 0 Å². The maximum Gasteiger partial charge on any atom is 0.254 e. The number of aromatic amines is 1. The van der Waals surface area contributed by atoms with Crippen LogP contribution in [-0.4, -0.2) is 42.0 Å². The first-order valence-electron chi connectivity index (χ1n) is 7.71. The van der Waals surface area contributed by atoms with Gasteiger partial charge in [0.2, 0.25) is 0 Å². The molecule has 1 amide bonds. The molecule has 4 nitrogen and oxygen atoms in total. The third-order valence-electron chi connectivity index (χ3n) is 4.80. The van der Waals surface area contributed by atoms with Gasteiger partial charge in [-0.05, 0) is 50.9 Å². The van der Waals surface area contributed by atoms with Crippen LogP contribution in [0.25, 0.3) is 10.9 Å². The van der Waals surface area contributed by atoms with Gasteiger partial charge >= 0.3 is 0 Å². The highest BCUT2D eigenvalue weighted by atomic mass is 16.2. The maximum atomic E-state index is 12.8. The Hall–Kier alpha value is -1.81. The average Bonchev–Trinajstić information content (AvgIpc) is 3.02. The van der Waals surface area contributed by atoms with Crippen molar-refractivity contribution in [2.75, 3.05) is 14.1 Å². The number of aromatic nitrogens is 1. The van der Waals surface area contributed by atoms with Crippen LogP contribution in [0.15, 0.2) is 30.5 Å². The molecule has 112 valence electrons. The zero-order chi connectivity index (χ0) is 14.8. The summed E-state index contributed by atoms with van der Waals surface area (Å²) in [6, 6.07) is 8.82. The van der Waals surface area contributed by atoms with Crippen LogP contribution >= 0.6 is 0 Å². The van der Waals surface area contributed by atoms with Gasteiger partial charge in [0.1, 0.15) is 0 Å². The van der Waals surface area contributed by atoms with Gasteiger partial charge in [0.05, 0.1) is 0 Å². The summed E-state index contributed by atoms with van der Waals surface area (Å²) in [5, 5.41) is 4.35. The molecule has 0 atom stereocenters. The van der Waals surface area contributed by atoms with E-state index in [0.29, 0.717) is 12.1 Å². The van der Waals surface area contributed by atoms with Crippen molar-refractivity contribution < 1.29 is 4.79 Å². The SMILES string of the molecule is CNC1CCC(N(C)C(=O)c2cccc3[nH]ccc23)CC1. The molecule has 0 bridgehead atoms. The predicted octanol–water partition coefficient (Wildman–Crippen LogP) is 2.77. The second-order valence-corrected chi connectivity index (χ2v) is 5.95. The molecule has 0 saturated heterocycles. The van der Waals surface area contributed by atoms with E-state index >= 15 is 0 Å². The molecule has 2 aromatic rings. The molecule has 1 aliphatic carbocycles. The van der Waals surface area contributed by atoms with Gasteiger partial charge < -0.3 is 15.2 Å². The number of benzene rings is 1. The van der Waals surface area contributed by atoms with Crippen LogP contribution in [0.2, 0.25) is 0 Å². The largest absolute Gasteiger partial charge is 0.361 e. The Morgan fingerprint density at radius 1 is 1.24 bits per heavy atom. The van der Waals surface area contributed by atoms with Crippen molar-refractivity contribution in [1.29, 1.82) is 0 Å². The highest BCUT2D eigenvalue weighted by molar-refractivity contribution is 6.06. The summed E-state index contributed by atoms with van der Waals surface area (Å²) in [7, 11) is 3.96. The summed E-state index contributed by atoms with van der Waals surface area (Å²) in [6.07, 6.45) is 6.34. The molecule has 1 aromatic heterocycles. The first kappa shape index (κ1) is 14.1. The Labute approximate surface area is 125 Å². The van der Waals surface area contributed by atoms with Gasteiger partial charge in [-0.1, -0.05) is 6.07 Å². The lowest BCUT2D eigenvalue weighted by Gasteiger charge is -2.34. The Morgan fingerprint density at radius 3 is 2.71 bits per heavy atom. The number of fused-ring (bicyclic) bond motifs is 1. The third-order valence-corrected chi connectivity index (χ3v) is 4.80. The molecule has 1 aromatic carbocycles. The molecule has 1 aliphatic rings.